The summed E-state index contributed by atoms with van der Waals surface area (Å²) in [5, 5.41) is 3.22. The van der Waals surface area contributed by atoms with E-state index in [9.17, 15) is 13.2 Å². The summed E-state index contributed by atoms with van der Waals surface area (Å²) in [6.45, 7) is 4.71. The zero-order chi connectivity index (χ0) is 28.7. The van der Waals surface area contributed by atoms with Gasteiger partial charge >= 0.3 is 0 Å². The topological polar surface area (TPSA) is 84.9 Å². The summed E-state index contributed by atoms with van der Waals surface area (Å²) in [6.07, 6.45) is 1.13. The van der Waals surface area contributed by atoms with E-state index in [1.54, 1.807) is 54.6 Å². The SMILES string of the molecule is Cc1ccc(OCCNC(=O)c2ccc(CN(c3cc(Cl)ccc3Oc3ccccc3)S(C)(=O)=O)cc2)c(C)c1. The minimum Gasteiger partial charge on any atom is -0.491 e. The summed E-state index contributed by atoms with van der Waals surface area (Å²) in [5.74, 6) is 1.45. The van der Waals surface area contributed by atoms with Crippen molar-refractivity contribution in [1.29, 1.82) is 0 Å². The molecule has 208 valence electrons. The number of aryl methyl sites for hydroxylation is 2. The molecule has 0 aliphatic heterocycles. The minimum atomic E-state index is -3.72. The van der Waals surface area contributed by atoms with Crippen molar-refractivity contribution in [1.82, 2.24) is 5.32 Å². The smallest absolute Gasteiger partial charge is 0.251 e. The number of benzene rings is 4. The van der Waals surface area contributed by atoms with Crippen LogP contribution < -0.4 is 19.1 Å². The number of sulfonamides is 1. The number of nitrogens with one attached hydrogen (secondary N) is 1. The third-order valence-corrected chi connectivity index (χ3v) is 7.44. The van der Waals surface area contributed by atoms with Gasteiger partial charge in [0.25, 0.3) is 5.91 Å². The fourth-order valence-electron chi connectivity index (χ4n) is 4.08. The van der Waals surface area contributed by atoms with E-state index in [1.165, 1.54) is 4.31 Å². The molecule has 0 unspecified atom stereocenters. The molecule has 0 radical (unpaired) electrons. The maximum atomic E-state index is 12.9. The van der Waals surface area contributed by atoms with E-state index >= 15 is 0 Å². The first-order valence-electron chi connectivity index (χ1n) is 12.7. The molecule has 0 bridgehead atoms. The van der Waals surface area contributed by atoms with Crippen LogP contribution in [0.4, 0.5) is 5.69 Å². The number of anilines is 1. The fourth-order valence-corrected chi connectivity index (χ4v) is 5.13. The predicted octanol–water partition coefficient (Wildman–Crippen LogP) is 6.52. The molecule has 0 aromatic heterocycles. The maximum Gasteiger partial charge on any atom is 0.251 e. The summed E-state index contributed by atoms with van der Waals surface area (Å²) >= 11 is 6.24. The first kappa shape index (κ1) is 29.0. The Balaban J connectivity index is 1.43. The number of carbonyl (C=O) groups is 1. The van der Waals surface area contributed by atoms with Gasteiger partial charge in [-0.15, -0.1) is 0 Å². The van der Waals surface area contributed by atoms with Crippen LogP contribution in [0.1, 0.15) is 27.0 Å². The second kappa shape index (κ2) is 12.9. The van der Waals surface area contributed by atoms with E-state index in [0.717, 1.165) is 23.1 Å². The van der Waals surface area contributed by atoms with E-state index in [2.05, 4.69) is 5.32 Å². The lowest BCUT2D eigenvalue weighted by atomic mass is 10.1. The van der Waals surface area contributed by atoms with Crippen LogP contribution in [0.3, 0.4) is 0 Å². The van der Waals surface area contributed by atoms with Crippen LogP contribution in [-0.2, 0) is 16.6 Å². The lowest BCUT2D eigenvalue weighted by molar-refractivity contribution is 0.0947. The van der Waals surface area contributed by atoms with Gasteiger partial charge in [0, 0.05) is 10.6 Å². The number of amides is 1. The number of hydrogen-bond donors (Lipinski definition) is 1. The van der Waals surface area contributed by atoms with Crippen molar-refractivity contribution in [3.8, 4) is 17.2 Å². The molecule has 0 aliphatic rings. The van der Waals surface area contributed by atoms with E-state index in [0.29, 0.717) is 46.5 Å². The van der Waals surface area contributed by atoms with Gasteiger partial charge in [-0.2, -0.15) is 0 Å². The molecule has 9 heteroatoms. The molecule has 4 rings (SSSR count). The van der Waals surface area contributed by atoms with Crippen molar-refractivity contribution in [2.24, 2.45) is 0 Å². The van der Waals surface area contributed by atoms with E-state index in [4.69, 9.17) is 21.1 Å². The Bertz CT molecular complexity index is 1580. The van der Waals surface area contributed by atoms with Crippen molar-refractivity contribution < 1.29 is 22.7 Å². The Kier molecular flexibility index (Phi) is 9.34. The van der Waals surface area contributed by atoms with Gasteiger partial charge in [0.15, 0.2) is 5.75 Å². The average molecular weight is 579 g/mol. The molecule has 4 aromatic rings. The molecule has 0 saturated heterocycles. The van der Waals surface area contributed by atoms with Crippen molar-refractivity contribution in [3.05, 3.63) is 118 Å². The molecule has 7 nitrogen and oxygen atoms in total. The van der Waals surface area contributed by atoms with Gasteiger partial charge in [-0.05, 0) is 73.5 Å². The Morgan fingerprint density at radius 2 is 1.60 bits per heavy atom. The van der Waals surface area contributed by atoms with Gasteiger partial charge < -0.3 is 14.8 Å². The third-order valence-electron chi connectivity index (χ3n) is 6.08. The number of nitrogens with zero attached hydrogens (tertiary/aromatic N) is 1. The molecule has 0 aliphatic carbocycles. The minimum absolute atomic E-state index is 0.0238. The van der Waals surface area contributed by atoms with Crippen LogP contribution in [0.2, 0.25) is 5.02 Å². The molecule has 40 heavy (non-hydrogen) atoms. The maximum absolute atomic E-state index is 12.9. The summed E-state index contributed by atoms with van der Waals surface area (Å²) in [6, 6.07) is 26.6. The number of rotatable bonds is 11. The highest BCUT2D eigenvalue weighted by molar-refractivity contribution is 7.92. The summed E-state index contributed by atoms with van der Waals surface area (Å²) in [4.78, 5) is 12.6. The van der Waals surface area contributed by atoms with Gasteiger partial charge in [-0.25, -0.2) is 8.42 Å². The second-order valence-electron chi connectivity index (χ2n) is 9.37. The third kappa shape index (κ3) is 7.77. The molecule has 0 atom stereocenters. The molecule has 4 aromatic carbocycles. The average Bonchev–Trinajstić information content (AvgIpc) is 2.92. The molecule has 0 heterocycles. The Morgan fingerprint density at radius 1 is 0.900 bits per heavy atom. The largest absolute Gasteiger partial charge is 0.491 e. The van der Waals surface area contributed by atoms with Crippen molar-refractivity contribution in [2.45, 2.75) is 20.4 Å². The number of hydrogen-bond acceptors (Lipinski definition) is 5. The first-order chi connectivity index (χ1) is 19.1. The lowest BCUT2D eigenvalue weighted by Crippen LogP contribution is -2.30. The number of para-hydroxylation sites is 1. The number of ether oxygens (including phenoxy) is 2. The van der Waals surface area contributed by atoms with Crippen molar-refractivity contribution in [2.75, 3.05) is 23.7 Å². The Hall–Kier alpha value is -4.01. The first-order valence-corrected chi connectivity index (χ1v) is 14.9. The fraction of sp³-hybridized carbons (Fsp3) is 0.194. The zero-order valence-corrected chi connectivity index (χ0v) is 24.1. The highest BCUT2D eigenvalue weighted by Crippen LogP contribution is 2.36. The Morgan fingerprint density at radius 3 is 2.27 bits per heavy atom. The van der Waals surface area contributed by atoms with Crippen LogP contribution in [0, 0.1) is 13.8 Å². The normalized spacial score (nSPS) is 11.1. The number of carbonyl (C=O) groups excluding carboxylic acids is 1. The Labute approximate surface area is 240 Å². The van der Waals surface area contributed by atoms with Crippen molar-refractivity contribution >= 4 is 33.2 Å². The van der Waals surface area contributed by atoms with E-state index in [1.807, 2.05) is 50.2 Å². The van der Waals surface area contributed by atoms with Gasteiger partial charge in [-0.1, -0.05) is 59.6 Å². The van der Waals surface area contributed by atoms with Crippen molar-refractivity contribution in [3.63, 3.8) is 0 Å². The van der Waals surface area contributed by atoms with Gasteiger partial charge in [0.05, 0.1) is 25.0 Å². The van der Waals surface area contributed by atoms with Gasteiger partial charge in [0.2, 0.25) is 10.0 Å². The van der Waals surface area contributed by atoms with Crippen LogP contribution in [-0.4, -0.2) is 33.7 Å². The number of halogens is 1. The summed E-state index contributed by atoms with van der Waals surface area (Å²) in [7, 11) is -3.72. The molecular formula is C31H31ClN2O5S. The van der Waals surface area contributed by atoms with E-state index in [-0.39, 0.29) is 12.5 Å². The monoisotopic (exact) mass is 578 g/mol. The quantitative estimate of drug-likeness (QED) is 0.205. The highest BCUT2D eigenvalue weighted by Gasteiger charge is 2.23. The molecule has 0 fully saturated rings. The molecular weight excluding hydrogens is 548 g/mol. The lowest BCUT2D eigenvalue weighted by Gasteiger charge is -2.25. The van der Waals surface area contributed by atoms with E-state index < -0.39 is 10.0 Å². The zero-order valence-electron chi connectivity index (χ0n) is 22.6. The van der Waals surface area contributed by atoms with Gasteiger partial charge in [-0.3, -0.25) is 9.10 Å². The molecule has 1 N–H and O–H groups in total. The molecule has 1 amide bonds. The summed E-state index contributed by atoms with van der Waals surface area (Å²) < 4.78 is 38.7. The standard InChI is InChI=1S/C31H31ClN2O5S/c1-22-9-15-29(23(2)19-22)38-18-17-33-31(35)25-12-10-24(11-13-25)21-34(40(3,36)37)28-20-26(32)14-16-30(28)39-27-7-5-4-6-8-27/h4-16,19-20H,17-18,21H2,1-3H3,(H,33,35). The van der Waals surface area contributed by atoms with Crippen LogP contribution in [0.15, 0.2) is 91.0 Å². The molecule has 0 saturated carbocycles. The predicted molar refractivity (Wildman–Crippen MR) is 159 cm³/mol. The van der Waals surface area contributed by atoms with Crippen LogP contribution in [0.5, 0.6) is 17.2 Å². The molecule has 0 spiro atoms. The van der Waals surface area contributed by atoms with Gasteiger partial charge in [0.1, 0.15) is 18.1 Å². The van der Waals surface area contributed by atoms with Crippen LogP contribution >= 0.6 is 11.6 Å². The summed E-state index contributed by atoms with van der Waals surface area (Å²) in [5.41, 5.74) is 3.66. The second-order valence-corrected chi connectivity index (χ2v) is 11.7. The van der Waals surface area contributed by atoms with Crippen LogP contribution in [0.25, 0.3) is 0 Å². The highest BCUT2D eigenvalue weighted by atomic mass is 35.5.